The molecule has 0 bridgehead atoms. The fourth-order valence-electron chi connectivity index (χ4n) is 4.60. The van der Waals surface area contributed by atoms with E-state index >= 15 is 0 Å². The number of esters is 2. The molecule has 0 saturated carbocycles. The summed E-state index contributed by atoms with van der Waals surface area (Å²) in [6, 6.07) is 0. The summed E-state index contributed by atoms with van der Waals surface area (Å²) in [5.74, 6) is -0.800. The number of amides is 1. The maximum atomic E-state index is 13.2. The predicted molar refractivity (Wildman–Crippen MR) is 136 cm³/mol. The molecule has 0 fully saturated rings. The Morgan fingerprint density at radius 1 is 1.26 bits per heavy atom. The number of nitrogens with one attached hydrogen (secondary N) is 1. The second kappa shape index (κ2) is 10.5. The molecule has 3 heterocycles. The number of rotatable bonds is 8. The first-order valence-electron chi connectivity index (χ1n) is 12.1. The summed E-state index contributed by atoms with van der Waals surface area (Å²) >= 11 is 0. The van der Waals surface area contributed by atoms with E-state index in [0.29, 0.717) is 30.6 Å². The topological polar surface area (TPSA) is 88.7 Å². The minimum absolute atomic E-state index is 0.0444. The fraction of sp³-hybridized carbons (Fsp3) is 0.464. The summed E-state index contributed by atoms with van der Waals surface area (Å²) in [4.78, 5) is 43.5. The van der Waals surface area contributed by atoms with Crippen LogP contribution in [0.3, 0.4) is 0 Å². The van der Waals surface area contributed by atoms with Crippen molar-refractivity contribution < 1.29 is 23.9 Å². The van der Waals surface area contributed by atoms with E-state index in [9.17, 15) is 14.4 Å². The van der Waals surface area contributed by atoms with Gasteiger partial charge in [-0.1, -0.05) is 31.7 Å². The summed E-state index contributed by atoms with van der Waals surface area (Å²) < 4.78 is 10.8. The predicted octanol–water partition coefficient (Wildman–Crippen LogP) is 5.18. The number of fused-ring (bicyclic) bond motifs is 1. The van der Waals surface area contributed by atoms with Gasteiger partial charge in [-0.05, 0) is 70.6 Å². The lowest BCUT2D eigenvalue weighted by molar-refractivity contribution is -0.142. The molecule has 1 N–H and O–H groups in total. The van der Waals surface area contributed by atoms with E-state index in [-0.39, 0.29) is 24.9 Å². The summed E-state index contributed by atoms with van der Waals surface area (Å²) in [5, 5.41) is 0. The van der Waals surface area contributed by atoms with Gasteiger partial charge in [-0.15, -0.1) is 0 Å². The number of aromatic amines is 1. The number of nitrogens with zero attached hydrogens (tertiary/aromatic N) is 1. The van der Waals surface area contributed by atoms with Gasteiger partial charge in [0.2, 0.25) is 0 Å². The van der Waals surface area contributed by atoms with Crippen LogP contribution < -0.4 is 0 Å². The summed E-state index contributed by atoms with van der Waals surface area (Å²) in [7, 11) is 0. The van der Waals surface area contributed by atoms with E-state index in [1.54, 1.807) is 0 Å². The number of ether oxygens (including phenoxy) is 2. The highest BCUT2D eigenvalue weighted by Gasteiger charge is 2.35. The van der Waals surface area contributed by atoms with Gasteiger partial charge in [0.25, 0.3) is 5.91 Å². The third-order valence-electron chi connectivity index (χ3n) is 6.19. The molecule has 1 amide bonds. The molecule has 0 radical (unpaired) electrons. The molecule has 0 unspecified atom stereocenters. The van der Waals surface area contributed by atoms with E-state index in [1.165, 1.54) is 6.08 Å². The van der Waals surface area contributed by atoms with Crippen molar-refractivity contribution in [1.29, 1.82) is 0 Å². The van der Waals surface area contributed by atoms with Gasteiger partial charge in [-0.25, -0.2) is 4.79 Å². The minimum atomic E-state index is -0.676. The van der Waals surface area contributed by atoms with Gasteiger partial charge in [0.05, 0.1) is 11.4 Å². The van der Waals surface area contributed by atoms with Crippen molar-refractivity contribution in [3.05, 3.63) is 64.2 Å². The van der Waals surface area contributed by atoms with Crippen molar-refractivity contribution in [1.82, 2.24) is 9.88 Å². The molecule has 3 rings (SSSR count). The molecule has 7 nitrogen and oxygen atoms in total. The first-order chi connectivity index (χ1) is 16.5. The highest BCUT2D eigenvalue weighted by Crippen LogP contribution is 2.40. The molecule has 0 aromatic carbocycles. The number of hydrogen-bond donors (Lipinski definition) is 1. The van der Waals surface area contributed by atoms with Crippen LogP contribution in [0, 0.1) is 6.92 Å². The molecular weight excluding hydrogens is 444 g/mol. The number of aromatic nitrogens is 1. The van der Waals surface area contributed by atoms with Gasteiger partial charge in [-0.3, -0.25) is 9.59 Å². The highest BCUT2D eigenvalue weighted by molar-refractivity contribution is 6.03. The fourth-order valence-corrected chi connectivity index (χ4v) is 4.60. The van der Waals surface area contributed by atoms with Gasteiger partial charge in [0.1, 0.15) is 17.9 Å². The monoisotopic (exact) mass is 480 g/mol. The molecule has 0 spiro atoms. The van der Waals surface area contributed by atoms with Gasteiger partial charge in [0.15, 0.2) is 0 Å². The Kier molecular flexibility index (Phi) is 7.88. The van der Waals surface area contributed by atoms with Crippen molar-refractivity contribution in [3.63, 3.8) is 0 Å². The van der Waals surface area contributed by atoms with Crippen LogP contribution in [0.2, 0.25) is 0 Å². The maximum Gasteiger partial charge on any atom is 0.355 e. The molecule has 188 valence electrons. The van der Waals surface area contributed by atoms with E-state index in [0.717, 1.165) is 40.1 Å². The Balaban J connectivity index is 2.13. The van der Waals surface area contributed by atoms with Crippen LogP contribution in [-0.2, 0) is 25.5 Å². The Morgan fingerprint density at radius 2 is 1.97 bits per heavy atom. The Bertz CT molecular complexity index is 1140. The zero-order valence-electron chi connectivity index (χ0n) is 21.7. The second-order valence-electron chi connectivity index (χ2n) is 9.82. The van der Waals surface area contributed by atoms with Gasteiger partial charge in [-0.2, -0.15) is 0 Å². The number of carbonyl (C=O) groups is 3. The van der Waals surface area contributed by atoms with Crippen LogP contribution in [0.15, 0.2) is 41.7 Å². The molecule has 1 aromatic heterocycles. The normalized spacial score (nSPS) is 15.9. The second-order valence-corrected chi connectivity index (χ2v) is 9.82. The van der Waals surface area contributed by atoms with Crippen molar-refractivity contribution >= 4 is 23.4 Å². The first-order valence-corrected chi connectivity index (χ1v) is 12.1. The first kappa shape index (κ1) is 26.3. The lowest BCUT2D eigenvalue weighted by Gasteiger charge is -2.20. The van der Waals surface area contributed by atoms with Crippen molar-refractivity contribution in [3.8, 4) is 0 Å². The van der Waals surface area contributed by atoms with E-state index < -0.39 is 11.6 Å². The third kappa shape index (κ3) is 5.50. The zero-order valence-corrected chi connectivity index (χ0v) is 21.7. The van der Waals surface area contributed by atoms with Gasteiger partial charge >= 0.3 is 11.9 Å². The molecule has 2 aliphatic heterocycles. The van der Waals surface area contributed by atoms with Gasteiger partial charge in [0, 0.05) is 24.1 Å². The van der Waals surface area contributed by atoms with E-state index in [2.05, 4.69) is 11.6 Å². The lowest BCUT2D eigenvalue weighted by Crippen LogP contribution is -2.26. The molecule has 0 saturated heterocycles. The minimum Gasteiger partial charge on any atom is -0.461 e. The van der Waals surface area contributed by atoms with Crippen LogP contribution in [-0.4, -0.2) is 46.5 Å². The van der Waals surface area contributed by atoms with Crippen LogP contribution in [0.1, 0.15) is 81.2 Å². The maximum absolute atomic E-state index is 13.2. The SMILES string of the molecule is C=CCOC(=O)CCc1c(C(=O)OC(C)(C)C)[nH]c(C2=C3C(C)=C(CC)C(=O)N3CCC=C2)c1C. The standard InChI is InChI=1S/C28H36N2O5/c1-8-16-34-22(31)14-13-20-17(3)23(29-24(20)27(33)35-28(5,6)7)21-12-10-11-15-30-25(21)18(4)19(9-2)26(30)32/h8,10,12,29H,1,9,11,13-16H2,2-7H3. The Labute approximate surface area is 207 Å². The lowest BCUT2D eigenvalue weighted by atomic mass is 9.98. The smallest absolute Gasteiger partial charge is 0.355 e. The van der Waals surface area contributed by atoms with Crippen molar-refractivity contribution in [2.75, 3.05) is 13.2 Å². The van der Waals surface area contributed by atoms with Crippen LogP contribution in [0.5, 0.6) is 0 Å². The molecule has 7 heteroatoms. The van der Waals surface area contributed by atoms with E-state index in [1.807, 2.05) is 58.6 Å². The Morgan fingerprint density at radius 3 is 2.60 bits per heavy atom. The summed E-state index contributed by atoms with van der Waals surface area (Å²) in [5.41, 5.74) is 5.47. The summed E-state index contributed by atoms with van der Waals surface area (Å²) in [6.07, 6.45) is 7.42. The van der Waals surface area contributed by atoms with E-state index in [4.69, 9.17) is 9.47 Å². The summed E-state index contributed by atoms with van der Waals surface area (Å²) in [6.45, 7) is 15.7. The van der Waals surface area contributed by atoms with Crippen LogP contribution in [0.25, 0.3) is 5.57 Å². The van der Waals surface area contributed by atoms with Gasteiger partial charge < -0.3 is 19.4 Å². The number of hydrogen-bond acceptors (Lipinski definition) is 5. The van der Waals surface area contributed by atoms with Crippen LogP contribution >= 0.6 is 0 Å². The van der Waals surface area contributed by atoms with Crippen LogP contribution in [0.4, 0.5) is 0 Å². The molecule has 0 atom stereocenters. The molecule has 0 aliphatic carbocycles. The average Bonchev–Trinajstić information content (AvgIpc) is 3.11. The quantitative estimate of drug-likeness (QED) is 0.409. The Hall–Kier alpha value is -3.35. The average molecular weight is 481 g/mol. The van der Waals surface area contributed by atoms with Crippen molar-refractivity contribution in [2.24, 2.45) is 0 Å². The highest BCUT2D eigenvalue weighted by atomic mass is 16.6. The zero-order chi connectivity index (χ0) is 25.9. The molecule has 1 aromatic rings. The largest absolute Gasteiger partial charge is 0.461 e. The molecular formula is C28H36N2O5. The third-order valence-corrected chi connectivity index (χ3v) is 6.19. The number of H-pyrrole nitrogens is 1. The molecule has 35 heavy (non-hydrogen) atoms. The van der Waals surface area contributed by atoms with Crippen molar-refractivity contribution in [2.45, 2.75) is 72.8 Å². The molecule has 2 aliphatic rings. The number of carbonyl (C=O) groups excluding carboxylic acids is 3. The number of allylic oxidation sites excluding steroid dienone is 3.